The van der Waals surface area contributed by atoms with Crippen LogP contribution in [0.1, 0.15) is 70.3 Å². The Bertz CT molecular complexity index is 1360. The van der Waals surface area contributed by atoms with Crippen molar-refractivity contribution < 1.29 is 23.1 Å². The zero-order valence-corrected chi connectivity index (χ0v) is 28.0. The van der Waals surface area contributed by atoms with Crippen LogP contribution in [0.4, 0.5) is 5.69 Å². The predicted molar refractivity (Wildman–Crippen MR) is 179 cm³/mol. The van der Waals surface area contributed by atoms with Crippen molar-refractivity contribution in [2.24, 2.45) is 17.8 Å². The molecule has 11 heteroatoms. The SMILES string of the molecule is CC(O)CC(NC1CCN(Cc2ccc(Oc3ccc(NS(C)(=O)=O)cc3)cc2)CC1)C(=O)NC12CC3CC(CC(C3)C1)C2.Cl. The topological polar surface area (TPSA) is 120 Å². The summed E-state index contributed by atoms with van der Waals surface area (Å²) in [5.41, 5.74) is 1.68. The molecule has 9 nitrogen and oxygen atoms in total. The molecule has 1 aliphatic heterocycles. The smallest absolute Gasteiger partial charge is 0.237 e. The van der Waals surface area contributed by atoms with Gasteiger partial charge in [-0.2, -0.15) is 0 Å². The zero-order valence-electron chi connectivity index (χ0n) is 26.4. The van der Waals surface area contributed by atoms with Crippen molar-refractivity contribution >= 4 is 34.0 Å². The molecule has 7 rings (SSSR count). The van der Waals surface area contributed by atoms with Gasteiger partial charge in [-0.3, -0.25) is 14.4 Å². The van der Waals surface area contributed by atoms with Gasteiger partial charge >= 0.3 is 0 Å². The molecule has 45 heavy (non-hydrogen) atoms. The first kappa shape index (κ1) is 34.0. The lowest BCUT2D eigenvalue weighted by Crippen LogP contribution is -2.63. The summed E-state index contributed by atoms with van der Waals surface area (Å²) in [7, 11) is -3.31. The number of aliphatic hydroxyl groups is 1. The highest BCUT2D eigenvalue weighted by Gasteiger charge is 2.52. The average molecular weight is 661 g/mol. The number of aliphatic hydroxyl groups excluding tert-OH is 1. The molecule has 4 bridgehead atoms. The molecular weight excluding hydrogens is 612 g/mol. The molecule has 2 aromatic rings. The summed E-state index contributed by atoms with van der Waals surface area (Å²) in [6.07, 6.45) is 10.4. The van der Waals surface area contributed by atoms with Crippen molar-refractivity contribution in [3.05, 3.63) is 54.1 Å². The number of carbonyl (C=O) groups excluding carboxylic acids is 1. The Kier molecular flexibility index (Phi) is 10.7. The maximum atomic E-state index is 13.6. The minimum Gasteiger partial charge on any atom is -0.457 e. The van der Waals surface area contributed by atoms with Gasteiger partial charge in [0.15, 0.2) is 0 Å². The molecule has 4 N–H and O–H groups in total. The second kappa shape index (κ2) is 14.2. The Morgan fingerprint density at radius 3 is 2.00 bits per heavy atom. The second-order valence-electron chi connectivity index (χ2n) is 14.2. The van der Waals surface area contributed by atoms with E-state index in [1.807, 2.05) is 12.1 Å². The summed E-state index contributed by atoms with van der Waals surface area (Å²) >= 11 is 0. The number of benzene rings is 2. The Morgan fingerprint density at radius 2 is 1.49 bits per heavy atom. The molecule has 4 saturated carbocycles. The maximum absolute atomic E-state index is 13.6. The summed E-state index contributed by atoms with van der Waals surface area (Å²) in [6.45, 7) is 4.52. The Hall–Kier alpha value is -2.37. The van der Waals surface area contributed by atoms with Gasteiger partial charge in [-0.15, -0.1) is 12.4 Å². The van der Waals surface area contributed by atoms with Crippen LogP contribution in [-0.2, 0) is 21.4 Å². The molecule has 0 spiro atoms. The van der Waals surface area contributed by atoms with E-state index >= 15 is 0 Å². The molecule has 1 heterocycles. The van der Waals surface area contributed by atoms with Crippen molar-refractivity contribution in [3.8, 4) is 11.5 Å². The van der Waals surface area contributed by atoms with Crippen LogP contribution in [0.2, 0.25) is 0 Å². The van der Waals surface area contributed by atoms with Crippen LogP contribution >= 0.6 is 12.4 Å². The summed E-state index contributed by atoms with van der Waals surface area (Å²) in [4.78, 5) is 16.1. The minimum absolute atomic E-state index is 0. The van der Waals surface area contributed by atoms with Crippen LogP contribution in [0.3, 0.4) is 0 Å². The average Bonchev–Trinajstić information content (AvgIpc) is 2.94. The fourth-order valence-corrected chi connectivity index (χ4v) is 9.17. The van der Waals surface area contributed by atoms with Crippen molar-refractivity contribution in [1.82, 2.24) is 15.5 Å². The van der Waals surface area contributed by atoms with Gasteiger partial charge in [0.1, 0.15) is 11.5 Å². The van der Waals surface area contributed by atoms with Crippen LogP contribution in [-0.4, -0.2) is 67.4 Å². The maximum Gasteiger partial charge on any atom is 0.237 e. The van der Waals surface area contributed by atoms with E-state index in [2.05, 4.69) is 32.4 Å². The minimum atomic E-state index is -3.31. The second-order valence-corrected chi connectivity index (χ2v) is 15.9. The van der Waals surface area contributed by atoms with Crippen LogP contribution in [0.15, 0.2) is 48.5 Å². The molecule has 1 saturated heterocycles. The van der Waals surface area contributed by atoms with Crippen LogP contribution in [0, 0.1) is 17.8 Å². The molecule has 248 valence electrons. The number of halogens is 1. The molecule has 4 aliphatic carbocycles. The van der Waals surface area contributed by atoms with E-state index in [0.717, 1.165) is 81.5 Å². The third-order valence-corrected chi connectivity index (χ3v) is 10.7. The van der Waals surface area contributed by atoms with Gasteiger partial charge in [-0.1, -0.05) is 12.1 Å². The quantitative estimate of drug-likeness (QED) is 0.252. The summed E-state index contributed by atoms with van der Waals surface area (Å²) in [5.74, 6) is 3.78. The van der Waals surface area contributed by atoms with Gasteiger partial charge in [-0.25, -0.2) is 8.42 Å². The van der Waals surface area contributed by atoms with Crippen molar-refractivity contribution in [2.75, 3.05) is 24.1 Å². The molecule has 0 radical (unpaired) electrons. The number of sulfonamides is 1. The van der Waals surface area contributed by atoms with Gasteiger partial charge in [0.05, 0.1) is 18.4 Å². The fraction of sp³-hybridized carbons (Fsp3) is 0.618. The Balaban J connectivity index is 0.00000400. The molecule has 5 aliphatic rings. The number of anilines is 1. The third-order valence-electron chi connectivity index (χ3n) is 10.1. The number of likely N-dealkylation sites (tertiary alicyclic amines) is 1. The molecular formula is C34H49ClN4O5S. The number of nitrogens with one attached hydrogen (secondary N) is 3. The molecule has 2 unspecified atom stereocenters. The lowest BCUT2D eigenvalue weighted by atomic mass is 9.53. The monoisotopic (exact) mass is 660 g/mol. The summed E-state index contributed by atoms with van der Waals surface area (Å²) in [6, 6.07) is 14.8. The van der Waals surface area contributed by atoms with Crippen molar-refractivity contribution in [1.29, 1.82) is 0 Å². The first-order valence-corrected chi connectivity index (χ1v) is 18.2. The van der Waals surface area contributed by atoms with E-state index < -0.39 is 16.1 Å². The first-order chi connectivity index (χ1) is 21.0. The number of rotatable bonds is 12. The van der Waals surface area contributed by atoms with Crippen molar-refractivity contribution in [2.45, 2.75) is 95.0 Å². The fourth-order valence-electron chi connectivity index (χ4n) is 8.61. The lowest BCUT2D eigenvalue weighted by molar-refractivity contribution is -0.130. The third kappa shape index (κ3) is 9.13. The normalized spacial score (nSPS) is 27.8. The zero-order chi connectivity index (χ0) is 30.9. The molecule has 5 fully saturated rings. The number of piperidine rings is 1. The summed E-state index contributed by atoms with van der Waals surface area (Å²) in [5, 5.41) is 17.4. The number of amides is 1. The number of nitrogens with zero attached hydrogens (tertiary/aromatic N) is 1. The van der Waals surface area contributed by atoms with Crippen LogP contribution < -0.4 is 20.1 Å². The first-order valence-electron chi connectivity index (χ1n) is 16.3. The van der Waals surface area contributed by atoms with Gasteiger partial charge in [0.25, 0.3) is 0 Å². The van der Waals surface area contributed by atoms with E-state index in [4.69, 9.17) is 4.74 Å². The van der Waals surface area contributed by atoms with Crippen LogP contribution in [0.25, 0.3) is 0 Å². The van der Waals surface area contributed by atoms with E-state index in [1.165, 1.54) is 24.8 Å². The van der Waals surface area contributed by atoms with Crippen LogP contribution in [0.5, 0.6) is 11.5 Å². The highest BCUT2D eigenvalue weighted by atomic mass is 35.5. The number of ether oxygens (including phenoxy) is 1. The Morgan fingerprint density at radius 1 is 0.956 bits per heavy atom. The van der Waals surface area contributed by atoms with E-state index in [9.17, 15) is 18.3 Å². The van der Waals surface area contributed by atoms with E-state index in [0.29, 0.717) is 17.9 Å². The lowest BCUT2D eigenvalue weighted by Gasteiger charge is -2.57. The Labute approximate surface area is 274 Å². The van der Waals surface area contributed by atoms with E-state index in [-0.39, 0.29) is 35.9 Å². The largest absolute Gasteiger partial charge is 0.457 e. The number of hydrogen-bond donors (Lipinski definition) is 4. The highest BCUT2D eigenvalue weighted by molar-refractivity contribution is 7.92. The highest BCUT2D eigenvalue weighted by Crippen LogP contribution is 2.55. The van der Waals surface area contributed by atoms with Gasteiger partial charge in [0.2, 0.25) is 15.9 Å². The molecule has 2 atom stereocenters. The van der Waals surface area contributed by atoms with E-state index in [1.54, 1.807) is 31.2 Å². The van der Waals surface area contributed by atoms with Crippen molar-refractivity contribution in [3.63, 3.8) is 0 Å². The van der Waals surface area contributed by atoms with Gasteiger partial charge < -0.3 is 20.5 Å². The molecule has 2 aromatic carbocycles. The molecule has 1 amide bonds. The van der Waals surface area contributed by atoms with Gasteiger partial charge in [-0.05, 0) is 138 Å². The van der Waals surface area contributed by atoms with Gasteiger partial charge in [0, 0.05) is 23.8 Å². The summed E-state index contributed by atoms with van der Waals surface area (Å²) < 4.78 is 31.2. The number of carbonyl (C=O) groups is 1. The number of hydrogen-bond acceptors (Lipinski definition) is 7. The standard InChI is InChI=1S/C34H48N4O5S.ClH/c1-23(39)15-32(33(40)36-34-19-25-16-26(20-34)18-27(17-25)21-34)35-28-11-13-38(14-12-28)22-24-3-7-30(8-4-24)43-31-9-5-29(6-10-31)37-44(2,41)42;/h3-10,23,25-28,32,35,37,39H,11-22H2,1-2H3,(H,36,40);1H. The molecule has 0 aromatic heterocycles. The predicted octanol–water partition coefficient (Wildman–Crippen LogP) is 5.05.